The Morgan fingerprint density at radius 1 is 1.14 bits per heavy atom. The third kappa shape index (κ3) is 2.56. The fraction of sp³-hybridized carbons (Fsp3) is 0.333. The third-order valence-electron chi connectivity index (χ3n) is 3.02. The minimum absolute atomic E-state index is 0.210. The molecule has 0 atom stereocenters. The normalized spacial score (nSPS) is 11.8. The molecule has 0 bridgehead atoms. The van der Waals surface area contributed by atoms with Gasteiger partial charge in [0, 0.05) is 12.4 Å². The summed E-state index contributed by atoms with van der Waals surface area (Å²) in [5, 5.41) is 4.58. The molecule has 21 heavy (non-hydrogen) atoms. The second-order valence-electron chi connectivity index (χ2n) is 5.84. The molecule has 0 fully saturated rings. The monoisotopic (exact) mass is 283 g/mol. The zero-order chi connectivity index (χ0) is 15.0. The molecule has 6 heteroatoms. The first-order valence-electron chi connectivity index (χ1n) is 6.75. The van der Waals surface area contributed by atoms with Crippen molar-refractivity contribution in [3.05, 3.63) is 36.6 Å². The van der Waals surface area contributed by atoms with Gasteiger partial charge in [0.25, 0.3) is 0 Å². The number of furan rings is 1. The molecule has 0 unspecified atom stereocenters. The summed E-state index contributed by atoms with van der Waals surface area (Å²) in [6, 6.07) is 3.67. The van der Waals surface area contributed by atoms with E-state index in [4.69, 9.17) is 4.42 Å². The molecule has 0 saturated heterocycles. The van der Waals surface area contributed by atoms with Crippen LogP contribution < -0.4 is 0 Å². The van der Waals surface area contributed by atoms with Gasteiger partial charge in [-0.15, -0.1) is 5.10 Å². The van der Waals surface area contributed by atoms with E-state index in [1.54, 1.807) is 18.7 Å². The molecule has 0 amide bonds. The first-order valence-corrected chi connectivity index (χ1v) is 6.75. The van der Waals surface area contributed by atoms with E-state index in [1.807, 2.05) is 23.7 Å². The Hall–Kier alpha value is -2.50. The van der Waals surface area contributed by atoms with Gasteiger partial charge >= 0.3 is 0 Å². The summed E-state index contributed by atoms with van der Waals surface area (Å²) in [6.07, 6.45) is 5.14. The summed E-state index contributed by atoms with van der Waals surface area (Å²) >= 11 is 0. The molecule has 3 aromatic rings. The van der Waals surface area contributed by atoms with E-state index in [-0.39, 0.29) is 5.54 Å². The quantitative estimate of drug-likeness (QED) is 0.723. The molecule has 0 spiro atoms. The Kier molecular flexibility index (Phi) is 3.08. The average molecular weight is 283 g/mol. The average Bonchev–Trinajstić information content (AvgIpc) is 3.07. The summed E-state index contributed by atoms with van der Waals surface area (Å²) in [7, 11) is 0. The first kappa shape index (κ1) is 13.5. The van der Waals surface area contributed by atoms with Crippen molar-refractivity contribution in [3.63, 3.8) is 0 Å². The number of hydrogen-bond acceptors (Lipinski definition) is 5. The van der Waals surface area contributed by atoms with Crippen molar-refractivity contribution in [2.24, 2.45) is 0 Å². The third-order valence-corrected chi connectivity index (χ3v) is 3.02. The maximum atomic E-state index is 5.39. The van der Waals surface area contributed by atoms with Crippen LogP contribution in [0.2, 0.25) is 0 Å². The predicted octanol–water partition coefficient (Wildman–Crippen LogP) is 3.06. The van der Waals surface area contributed by atoms with Crippen LogP contribution in [0.1, 0.15) is 26.6 Å². The largest absolute Gasteiger partial charge is 0.461 e. The Morgan fingerprint density at radius 2 is 1.86 bits per heavy atom. The van der Waals surface area contributed by atoms with Crippen LogP contribution >= 0.6 is 0 Å². The van der Waals surface area contributed by atoms with Crippen LogP contribution in [0.25, 0.3) is 23.0 Å². The fourth-order valence-corrected chi connectivity index (χ4v) is 1.98. The second kappa shape index (κ2) is 4.80. The minimum Gasteiger partial charge on any atom is -0.461 e. The lowest BCUT2D eigenvalue weighted by atomic mass is 10.1. The molecule has 108 valence electrons. The lowest BCUT2D eigenvalue weighted by Gasteiger charge is -2.20. The molecular weight excluding hydrogens is 266 g/mol. The zero-order valence-corrected chi connectivity index (χ0v) is 12.5. The van der Waals surface area contributed by atoms with Crippen molar-refractivity contribution in [2.75, 3.05) is 0 Å². The van der Waals surface area contributed by atoms with E-state index in [0.717, 1.165) is 17.2 Å². The summed E-state index contributed by atoms with van der Waals surface area (Å²) in [5.41, 5.74) is 0.624. The molecule has 3 heterocycles. The summed E-state index contributed by atoms with van der Waals surface area (Å²) in [5.74, 6) is 2.67. The van der Waals surface area contributed by atoms with Gasteiger partial charge in [0.1, 0.15) is 5.82 Å². The lowest BCUT2D eigenvalue weighted by Crippen LogP contribution is -2.24. The van der Waals surface area contributed by atoms with Crippen molar-refractivity contribution in [1.29, 1.82) is 0 Å². The van der Waals surface area contributed by atoms with E-state index >= 15 is 0 Å². The van der Waals surface area contributed by atoms with Gasteiger partial charge in [0.2, 0.25) is 5.82 Å². The molecule has 0 aliphatic heterocycles. The molecule has 0 N–H and O–H groups in total. The number of nitrogens with zero attached hydrogens (tertiary/aromatic N) is 5. The zero-order valence-electron chi connectivity index (χ0n) is 12.5. The second-order valence-corrected chi connectivity index (χ2v) is 5.84. The van der Waals surface area contributed by atoms with E-state index in [1.165, 1.54) is 0 Å². The Labute approximate surface area is 122 Å². The molecule has 0 aliphatic carbocycles. The van der Waals surface area contributed by atoms with Gasteiger partial charge in [-0.2, -0.15) is 0 Å². The predicted molar refractivity (Wildman–Crippen MR) is 78.5 cm³/mol. The van der Waals surface area contributed by atoms with Crippen LogP contribution in [0.4, 0.5) is 0 Å². The summed E-state index contributed by atoms with van der Waals surface area (Å²) < 4.78 is 7.26. The standard InChI is InChI=1S/C15H17N5O/c1-10-16-8-11(9-17-10)14-18-13(12-6-5-7-21-12)19-20(14)15(2,3)4/h5-9H,1-4H3. The van der Waals surface area contributed by atoms with E-state index < -0.39 is 0 Å². The molecule has 0 aliphatic rings. The van der Waals surface area contributed by atoms with Gasteiger partial charge in [-0.3, -0.25) is 0 Å². The van der Waals surface area contributed by atoms with Gasteiger partial charge in [0.15, 0.2) is 11.6 Å². The maximum absolute atomic E-state index is 5.39. The molecule has 3 aromatic heterocycles. The smallest absolute Gasteiger partial charge is 0.217 e. The van der Waals surface area contributed by atoms with Crippen molar-refractivity contribution < 1.29 is 4.42 Å². The van der Waals surface area contributed by atoms with E-state index in [2.05, 4.69) is 40.8 Å². The molecule has 3 rings (SSSR count). The van der Waals surface area contributed by atoms with Crippen LogP contribution in [0, 0.1) is 6.92 Å². The Bertz CT molecular complexity index is 735. The van der Waals surface area contributed by atoms with Crippen LogP contribution in [-0.4, -0.2) is 24.7 Å². The summed E-state index contributed by atoms with van der Waals surface area (Å²) in [4.78, 5) is 13.1. The van der Waals surface area contributed by atoms with Crippen molar-refractivity contribution in [2.45, 2.75) is 33.2 Å². The highest BCUT2D eigenvalue weighted by Crippen LogP contribution is 2.26. The molecule has 0 saturated carbocycles. The Balaban J connectivity index is 2.16. The van der Waals surface area contributed by atoms with Crippen molar-refractivity contribution in [1.82, 2.24) is 24.7 Å². The van der Waals surface area contributed by atoms with Crippen LogP contribution in [0.5, 0.6) is 0 Å². The highest BCUT2D eigenvalue weighted by Gasteiger charge is 2.23. The van der Waals surface area contributed by atoms with Crippen molar-refractivity contribution >= 4 is 0 Å². The highest BCUT2D eigenvalue weighted by atomic mass is 16.3. The molecular formula is C15H17N5O. The minimum atomic E-state index is -0.210. The number of hydrogen-bond donors (Lipinski definition) is 0. The molecule has 0 aromatic carbocycles. The van der Waals surface area contributed by atoms with Crippen LogP contribution in [0.3, 0.4) is 0 Å². The molecule has 6 nitrogen and oxygen atoms in total. The number of aromatic nitrogens is 5. The van der Waals surface area contributed by atoms with Gasteiger partial charge in [-0.25, -0.2) is 19.6 Å². The van der Waals surface area contributed by atoms with E-state index in [0.29, 0.717) is 11.6 Å². The van der Waals surface area contributed by atoms with Crippen molar-refractivity contribution in [3.8, 4) is 23.0 Å². The SMILES string of the molecule is Cc1ncc(-c2nc(-c3ccco3)nn2C(C)(C)C)cn1. The summed E-state index contributed by atoms with van der Waals surface area (Å²) in [6.45, 7) is 8.08. The van der Waals surface area contributed by atoms with Gasteiger partial charge in [0.05, 0.1) is 17.4 Å². The number of rotatable bonds is 2. The maximum Gasteiger partial charge on any atom is 0.217 e. The van der Waals surface area contributed by atoms with Crippen LogP contribution in [0.15, 0.2) is 35.2 Å². The number of aryl methyl sites for hydroxylation is 1. The van der Waals surface area contributed by atoms with E-state index in [9.17, 15) is 0 Å². The highest BCUT2D eigenvalue weighted by molar-refractivity contribution is 5.57. The Morgan fingerprint density at radius 3 is 2.43 bits per heavy atom. The topological polar surface area (TPSA) is 69.6 Å². The first-order chi connectivity index (χ1) is 9.95. The lowest BCUT2D eigenvalue weighted by molar-refractivity contribution is 0.359. The molecule has 0 radical (unpaired) electrons. The van der Waals surface area contributed by atoms with Gasteiger partial charge < -0.3 is 4.42 Å². The fourth-order valence-electron chi connectivity index (χ4n) is 1.98. The van der Waals surface area contributed by atoms with Gasteiger partial charge in [-0.05, 0) is 39.8 Å². The van der Waals surface area contributed by atoms with Gasteiger partial charge in [-0.1, -0.05) is 0 Å². The van der Waals surface area contributed by atoms with Crippen LogP contribution in [-0.2, 0) is 5.54 Å².